The fraction of sp³-hybridized carbons (Fsp3) is 1.00. The summed E-state index contributed by atoms with van der Waals surface area (Å²) in [6.45, 7) is 6.90. The van der Waals surface area contributed by atoms with E-state index in [1.54, 1.807) is 0 Å². The lowest BCUT2D eigenvalue weighted by molar-refractivity contribution is 0.115. The van der Waals surface area contributed by atoms with Gasteiger partial charge in [0.1, 0.15) is 0 Å². The van der Waals surface area contributed by atoms with Gasteiger partial charge in [-0.2, -0.15) is 0 Å². The normalized spacial score (nSPS) is 41.1. The Balaban J connectivity index is 2.09. The van der Waals surface area contributed by atoms with Crippen molar-refractivity contribution in [1.29, 1.82) is 0 Å². The van der Waals surface area contributed by atoms with Gasteiger partial charge in [-0.1, -0.05) is 20.3 Å². The lowest BCUT2D eigenvalue weighted by Gasteiger charge is -2.40. The second kappa shape index (κ2) is 2.98. The van der Waals surface area contributed by atoms with Gasteiger partial charge in [0.05, 0.1) is 0 Å². The molecule has 0 aromatic carbocycles. The summed E-state index contributed by atoms with van der Waals surface area (Å²) in [5.74, 6) is 2.96. The van der Waals surface area contributed by atoms with Crippen molar-refractivity contribution >= 4 is 0 Å². The predicted octanol–water partition coefficient (Wildman–Crippen LogP) is 2.80. The van der Waals surface area contributed by atoms with Gasteiger partial charge in [-0.25, -0.2) is 0 Å². The number of hydrogen-bond acceptors (Lipinski definition) is 1. The van der Waals surface area contributed by atoms with Gasteiger partial charge in [0, 0.05) is 6.04 Å². The van der Waals surface area contributed by atoms with E-state index in [1.807, 2.05) is 0 Å². The zero-order valence-corrected chi connectivity index (χ0v) is 9.22. The van der Waals surface area contributed by atoms with Crippen molar-refractivity contribution in [2.45, 2.75) is 52.5 Å². The standard InChI is InChI=1S/C12H23N/c1-8(13)12(2,3)11-7-9-4-5-10(11)6-9/h8-11H,4-7,13H2,1-3H3. The summed E-state index contributed by atoms with van der Waals surface area (Å²) in [7, 11) is 0. The van der Waals surface area contributed by atoms with E-state index >= 15 is 0 Å². The van der Waals surface area contributed by atoms with E-state index in [0.717, 1.165) is 17.8 Å². The summed E-state index contributed by atoms with van der Waals surface area (Å²) in [5.41, 5.74) is 6.44. The molecule has 13 heavy (non-hydrogen) atoms. The van der Waals surface area contributed by atoms with Crippen molar-refractivity contribution in [1.82, 2.24) is 0 Å². The summed E-state index contributed by atoms with van der Waals surface area (Å²) in [5, 5.41) is 0. The Kier molecular flexibility index (Phi) is 2.18. The van der Waals surface area contributed by atoms with Gasteiger partial charge in [-0.15, -0.1) is 0 Å². The van der Waals surface area contributed by atoms with Crippen LogP contribution in [0.25, 0.3) is 0 Å². The topological polar surface area (TPSA) is 26.0 Å². The van der Waals surface area contributed by atoms with Gasteiger partial charge >= 0.3 is 0 Å². The molecule has 0 spiro atoms. The zero-order chi connectivity index (χ0) is 9.64. The van der Waals surface area contributed by atoms with E-state index in [-0.39, 0.29) is 0 Å². The molecule has 0 saturated heterocycles. The molecule has 2 fully saturated rings. The third-order valence-corrected chi connectivity index (χ3v) is 4.87. The van der Waals surface area contributed by atoms with Crippen LogP contribution in [0.2, 0.25) is 0 Å². The van der Waals surface area contributed by atoms with Crippen LogP contribution in [-0.2, 0) is 0 Å². The molecule has 4 unspecified atom stereocenters. The van der Waals surface area contributed by atoms with Crippen LogP contribution >= 0.6 is 0 Å². The summed E-state index contributed by atoms with van der Waals surface area (Å²) in [4.78, 5) is 0. The Morgan fingerprint density at radius 2 is 1.92 bits per heavy atom. The van der Waals surface area contributed by atoms with Gasteiger partial charge < -0.3 is 5.73 Å². The summed E-state index contributed by atoms with van der Waals surface area (Å²) in [6, 6.07) is 0.344. The van der Waals surface area contributed by atoms with Crippen molar-refractivity contribution in [2.24, 2.45) is 28.9 Å². The van der Waals surface area contributed by atoms with E-state index in [2.05, 4.69) is 20.8 Å². The van der Waals surface area contributed by atoms with E-state index in [4.69, 9.17) is 5.73 Å². The van der Waals surface area contributed by atoms with Gasteiger partial charge in [-0.3, -0.25) is 0 Å². The fourth-order valence-electron chi connectivity index (χ4n) is 3.49. The third-order valence-electron chi connectivity index (χ3n) is 4.87. The largest absolute Gasteiger partial charge is 0.327 e. The first kappa shape index (κ1) is 9.51. The first-order chi connectivity index (χ1) is 6.01. The predicted molar refractivity (Wildman–Crippen MR) is 56.4 cm³/mol. The highest BCUT2D eigenvalue weighted by molar-refractivity contribution is 4.98. The Morgan fingerprint density at radius 1 is 1.23 bits per heavy atom. The minimum Gasteiger partial charge on any atom is -0.327 e. The van der Waals surface area contributed by atoms with E-state index in [0.29, 0.717) is 11.5 Å². The lowest BCUT2D eigenvalue weighted by Crippen LogP contribution is -2.42. The van der Waals surface area contributed by atoms with Crippen LogP contribution in [0.3, 0.4) is 0 Å². The van der Waals surface area contributed by atoms with Crippen LogP contribution in [0, 0.1) is 23.2 Å². The maximum absolute atomic E-state index is 6.08. The zero-order valence-electron chi connectivity index (χ0n) is 9.22. The molecule has 0 amide bonds. The van der Waals surface area contributed by atoms with Crippen LogP contribution in [0.1, 0.15) is 46.5 Å². The highest BCUT2D eigenvalue weighted by atomic mass is 14.7. The molecule has 2 aliphatic rings. The third kappa shape index (κ3) is 1.41. The average molecular weight is 181 g/mol. The van der Waals surface area contributed by atoms with Crippen molar-refractivity contribution in [3.05, 3.63) is 0 Å². The van der Waals surface area contributed by atoms with Gasteiger partial charge in [-0.05, 0) is 49.4 Å². The molecule has 2 bridgehead atoms. The van der Waals surface area contributed by atoms with Crippen molar-refractivity contribution in [3.8, 4) is 0 Å². The summed E-state index contributed by atoms with van der Waals surface area (Å²) < 4.78 is 0. The van der Waals surface area contributed by atoms with Crippen LogP contribution < -0.4 is 5.73 Å². The Hall–Kier alpha value is -0.0400. The molecule has 2 aliphatic carbocycles. The maximum Gasteiger partial charge on any atom is 0.00644 e. The molecule has 76 valence electrons. The van der Waals surface area contributed by atoms with Crippen molar-refractivity contribution in [2.75, 3.05) is 0 Å². The maximum atomic E-state index is 6.08. The Labute approximate surface area is 82.1 Å². The number of fused-ring (bicyclic) bond motifs is 2. The minimum atomic E-state index is 0.344. The van der Waals surface area contributed by atoms with Crippen LogP contribution in [-0.4, -0.2) is 6.04 Å². The highest BCUT2D eigenvalue weighted by Crippen LogP contribution is 2.55. The molecular weight excluding hydrogens is 158 g/mol. The van der Waals surface area contributed by atoms with Crippen molar-refractivity contribution in [3.63, 3.8) is 0 Å². The smallest absolute Gasteiger partial charge is 0.00644 e. The summed E-state index contributed by atoms with van der Waals surface area (Å²) >= 11 is 0. The van der Waals surface area contributed by atoms with Gasteiger partial charge in [0.25, 0.3) is 0 Å². The summed E-state index contributed by atoms with van der Waals surface area (Å²) in [6.07, 6.45) is 5.93. The molecule has 2 rings (SSSR count). The van der Waals surface area contributed by atoms with E-state index < -0.39 is 0 Å². The number of rotatable bonds is 2. The molecule has 0 aromatic heterocycles. The molecule has 2 saturated carbocycles. The molecule has 2 N–H and O–H groups in total. The van der Waals surface area contributed by atoms with Gasteiger partial charge in [0.15, 0.2) is 0 Å². The van der Waals surface area contributed by atoms with Crippen molar-refractivity contribution < 1.29 is 0 Å². The quantitative estimate of drug-likeness (QED) is 0.696. The van der Waals surface area contributed by atoms with Crippen LogP contribution in [0.4, 0.5) is 0 Å². The lowest BCUT2D eigenvalue weighted by atomic mass is 9.67. The first-order valence-corrected chi connectivity index (χ1v) is 5.77. The first-order valence-electron chi connectivity index (χ1n) is 5.77. The molecule has 4 atom stereocenters. The molecule has 0 aliphatic heterocycles. The SMILES string of the molecule is CC(N)C(C)(C)C1CC2CCC1C2. The second-order valence-corrected chi connectivity index (χ2v) is 5.89. The van der Waals surface area contributed by atoms with E-state index in [1.165, 1.54) is 25.7 Å². The molecule has 1 nitrogen and oxygen atoms in total. The van der Waals surface area contributed by atoms with E-state index in [9.17, 15) is 0 Å². The molecule has 0 radical (unpaired) electrons. The molecule has 0 aromatic rings. The minimum absolute atomic E-state index is 0.344. The molecule has 0 heterocycles. The highest BCUT2D eigenvalue weighted by Gasteiger charge is 2.47. The monoisotopic (exact) mass is 181 g/mol. The number of hydrogen-bond donors (Lipinski definition) is 1. The average Bonchev–Trinajstić information content (AvgIpc) is 2.63. The molecular formula is C12H23N. The van der Waals surface area contributed by atoms with Crippen LogP contribution in [0.15, 0.2) is 0 Å². The van der Waals surface area contributed by atoms with Crippen LogP contribution in [0.5, 0.6) is 0 Å². The Morgan fingerprint density at radius 3 is 2.31 bits per heavy atom. The Bertz CT molecular complexity index is 195. The fourth-order valence-corrected chi connectivity index (χ4v) is 3.49. The number of nitrogens with two attached hydrogens (primary N) is 1. The second-order valence-electron chi connectivity index (χ2n) is 5.89. The molecule has 1 heteroatoms. The van der Waals surface area contributed by atoms with Gasteiger partial charge in [0.2, 0.25) is 0 Å².